The van der Waals surface area contributed by atoms with Gasteiger partial charge in [-0.1, -0.05) is 31.7 Å². The summed E-state index contributed by atoms with van der Waals surface area (Å²) in [6.45, 7) is 6.89. The summed E-state index contributed by atoms with van der Waals surface area (Å²) in [4.78, 5) is 9.23. The van der Waals surface area contributed by atoms with Crippen molar-refractivity contribution in [1.82, 2.24) is 9.97 Å². The first-order valence-electron chi connectivity index (χ1n) is 8.05. The van der Waals surface area contributed by atoms with Crippen LogP contribution in [-0.4, -0.2) is 23.2 Å². The smallest absolute Gasteiger partial charge is 0.225 e. The molecule has 24 heavy (non-hydrogen) atoms. The second kappa shape index (κ2) is 7.59. The Morgan fingerprint density at radius 1 is 1.00 bits per heavy atom. The molecule has 0 radical (unpaired) electrons. The Hall–Kier alpha value is -2.88. The molecule has 0 amide bonds. The lowest BCUT2D eigenvalue weighted by atomic mass is 10.2. The molecule has 0 atom stereocenters. The van der Waals surface area contributed by atoms with E-state index in [1.807, 2.05) is 48.5 Å². The summed E-state index contributed by atoms with van der Waals surface area (Å²) >= 11 is 0. The van der Waals surface area contributed by atoms with Gasteiger partial charge in [0.05, 0.1) is 17.5 Å². The van der Waals surface area contributed by atoms with E-state index in [0.29, 0.717) is 24.9 Å². The second-order valence-electron chi connectivity index (χ2n) is 5.34. The molecule has 3 aromatic rings. The molecule has 0 aliphatic heterocycles. The average molecular weight is 320 g/mol. The minimum atomic E-state index is 0.407. The molecule has 122 valence electrons. The molecule has 0 bridgehead atoms. The minimum absolute atomic E-state index is 0.407. The molecule has 0 saturated carbocycles. The number of benzene rings is 2. The Morgan fingerprint density at radius 3 is 2.54 bits per heavy atom. The monoisotopic (exact) mass is 320 g/mol. The highest BCUT2D eigenvalue weighted by molar-refractivity contribution is 5.85. The number of para-hydroxylation sites is 1. The maximum Gasteiger partial charge on any atom is 0.225 e. The third-order valence-electron chi connectivity index (χ3n) is 3.49. The van der Waals surface area contributed by atoms with Crippen LogP contribution in [0.25, 0.3) is 22.3 Å². The molecular weight excluding hydrogens is 300 g/mol. The van der Waals surface area contributed by atoms with Crippen LogP contribution >= 0.6 is 0 Å². The molecule has 0 aliphatic rings. The molecule has 0 saturated heterocycles. The van der Waals surface area contributed by atoms with E-state index in [-0.39, 0.29) is 0 Å². The van der Waals surface area contributed by atoms with Crippen LogP contribution in [0, 0.1) is 0 Å². The van der Waals surface area contributed by atoms with E-state index >= 15 is 0 Å². The van der Waals surface area contributed by atoms with E-state index in [1.165, 1.54) is 0 Å². The zero-order valence-electron chi connectivity index (χ0n) is 13.7. The third-order valence-corrected chi connectivity index (χ3v) is 3.49. The number of hydrogen-bond donors (Lipinski definition) is 0. The third kappa shape index (κ3) is 3.54. The van der Waals surface area contributed by atoms with Crippen LogP contribution in [0.1, 0.15) is 13.3 Å². The van der Waals surface area contributed by atoms with Crippen molar-refractivity contribution in [3.8, 4) is 23.0 Å². The Kier molecular flexibility index (Phi) is 5.06. The van der Waals surface area contributed by atoms with Crippen LogP contribution in [0.15, 0.2) is 61.2 Å². The van der Waals surface area contributed by atoms with Crippen LogP contribution < -0.4 is 9.47 Å². The number of rotatable bonds is 7. The number of aromatic nitrogens is 2. The Morgan fingerprint density at radius 2 is 1.79 bits per heavy atom. The van der Waals surface area contributed by atoms with Crippen LogP contribution in [0.3, 0.4) is 0 Å². The van der Waals surface area contributed by atoms with Gasteiger partial charge in [0.2, 0.25) is 5.88 Å². The first kappa shape index (κ1) is 16.0. The lowest BCUT2D eigenvalue weighted by Gasteiger charge is -2.10. The predicted molar refractivity (Wildman–Crippen MR) is 96.5 cm³/mol. The van der Waals surface area contributed by atoms with E-state index in [9.17, 15) is 0 Å². The van der Waals surface area contributed by atoms with Crippen molar-refractivity contribution < 1.29 is 9.47 Å². The van der Waals surface area contributed by atoms with Crippen molar-refractivity contribution in [1.29, 1.82) is 0 Å². The summed E-state index contributed by atoms with van der Waals surface area (Å²) in [6, 6.07) is 15.6. The van der Waals surface area contributed by atoms with Gasteiger partial charge in [0, 0.05) is 5.56 Å². The maximum atomic E-state index is 5.71. The molecule has 1 aromatic heterocycles. The van der Waals surface area contributed by atoms with Crippen LogP contribution in [0.5, 0.6) is 11.6 Å². The van der Waals surface area contributed by atoms with Gasteiger partial charge in [-0.25, -0.2) is 4.98 Å². The molecule has 0 N–H and O–H groups in total. The van der Waals surface area contributed by atoms with E-state index in [0.717, 1.165) is 28.6 Å². The van der Waals surface area contributed by atoms with E-state index in [1.54, 1.807) is 6.08 Å². The van der Waals surface area contributed by atoms with Crippen LogP contribution in [0.2, 0.25) is 0 Å². The molecule has 4 nitrogen and oxygen atoms in total. The molecule has 3 rings (SSSR count). The standard InChI is InChI=1S/C20H20N2O2/c1-3-13-23-16-11-9-15(10-12-16)19-21-18-8-6-5-7-17(18)20(22-19)24-14-4-2/h4-12H,2-3,13-14H2,1H3. The summed E-state index contributed by atoms with van der Waals surface area (Å²) in [7, 11) is 0. The average Bonchev–Trinajstić information content (AvgIpc) is 2.64. The van der Waals surface area contributed by atoms with Crippen molar-refractivity contribution in [2.45, 2.75) is 13.3 Å². The fourth-order valence-corrected chi connectivity index (χ4v) is 2.34. The lowest BCUT2D eigenvalue weighted by Crippen LogP contribution is -2.00. The van der Waals surface area contributed by atoms with Crippen molar-refractivity contribution in [2.24, 2.45) is 0 Å². The molecule has 0 unspecified atom stereocenters. The fourth-order valence-electron chi connectivity index (χ4n) is 2.34. The summed E-state index contributed by atoms with van der Waals surface area (Å²) in [5.41, 5.74) is 1.78. The minimum Gasteiger partial charge on any atom is -0.494 e. The molecule has 2 aromatic carbocycles. The molecular formula is C20H20N2O2. The highest BCUT2D eigenvalue weighted by Gasteiger charge is 2.10. The number of fused-ring (bicyclic) bond motifs is 1. The van der Waals surface area contributed by atoms with Gasteiger partial charge in [-0.15, -0.1) is 0 Å². The van der Waals surface area contributed by atoms with Crippen molar-refractivity contribution in [2.75, 3.05) is 13.2 Å². The number of ether oxygens (including phenoxy) is 2. The normalized spacial score (nSPS) is 10.5. The van der Waals surface area contributed by atoms with Crippen molar-refractivity contribution in [3.63, 3.8) is 0 Å². The Bertz CT molecular complexity index is 829. The van der Waals surface area contributed by atoms with Gasteiger partial charge in [0.25, 0.3) is 0 Å². The van der Waals surface area contributed by atoms with Crippen molar-refractivity contribution >= 4 is 10.9 Å². The van der Waals surface area contributed by atoms with Gasteiger partial charge in [0.15, 0.2) is 5.82 Å². The highest BCUT2D eigenvalue weighted by atomic mass is 16.5. The zero-order chi connectivity index (χ0) is 16.8. The number of nitrogens with zero attached hydrogens (tertiary/aromatic N) is 2. The first-order valence-corrected chi connectivity index (χ1v) is 8.05. The van der Waals surface area contributed by atoms with Gasteiger partial charge >= 0.3 is 0 Å². The molecule has 4 heteroatoms. The maximum absolute atomic E-state index is 5.71. The van der Waals surface area contributed by atoms with E-state index in [4.69, 9.17) is 9.47 Å². The van der Waals surface area contributed by atoms with E-state index in [2.05, 4.69) is 23.5 Å². The van der Waals surface area contributed by atoms with Gasteiger partial charge in [-0.05, 0) is 42.8 Å². The predicted octanol–water partition coefficient (Wildman–Crippen LogP) is 4.65. The molecule has 1 heterocycles. The molecule has 0 fully saturated rings. The Labute approximate surface area is 141 Å². The van der Waals surface area contributed by atoms with Crippen LogP contribution in [0.4, 0.5) is 0 Å². The fraction of sp³-hybridized carbons (Fsp3) is 0.200. The lowest BCUT2D eigenvalue weighted by molar-refractivity contribution is 0.317. The van der Waals surface area contributed by atoms with Gasteiger partial charge in [-0.2, -0.15) is 4.98 Å². The largest absolute Gasteiger partial charge is 0.494 e. The zero-order valence-corrected chi connectivity index (χ0v) is 13.7. The van der Waals surface area contributed by atoms with Crippen LogP contribution in [-0.2, 0) is 0 Å². The Balaban J connectivity index is 1.97. The van der Waals surface area contributed by atoms with Gasteiger partial charge < -0.3 is 9.47 Å². The second-order valence-corrected chi connectivity index (χ2v) is 5.34. The topological polar surface area (TPSA) is 44.2 Å². The summed E-state index contributed by atoms with van der Waals surface area (Å²) in [5.74, 6) is 2.06. The summed E-state index contributed by atoms with van der Waals surface area (Å²) in [5, 5.41) is 0.894. The number of hydrogen-bond acceptors (Lipinski definition) is 4. The quantitative estimate of drug-likeness (QED) is 0.594. The highest BCUT2D eigenvalue weighted by Crippen LogP contribution is 2.27. The van der Waals surface area contributed by atoms with E-state index < -0.39 is 0 Å². The van der Waals surface area contributed by atoms with Crippen molar-refractivity contribution in [3.05, 3.63) is 61.2 Å². The SMILES string of the molecule is C=CCOc1nc(-c2ccc(OCCC)cc2)nc2ccccc12. The summed E-state index contributed by atoms with van der Waals surface area (Å²) in [6.07, 6.45) is 2.69. The summed E-state index contributed by atoms with van der Waals surface area (Å²) < 4.78 is 11.3. The molecule has 0 aliphatic carbocycles. The van der Waals surface area contributed by atoms with Gasteiger partial charge in [-0.3, -0.25) is 0 Å². The van der Waals surface area contributed by atoms with Gasteiger partial charge in [0.1, 0.15) is 12.4 Å². The molecule has 0 spiro atoms. The first-order chi connectivity index (χ1) is 11.8.